The van der Waals surface area contributed by atoms with Crippen LogP contribution in [0, 0.1) is 0 Å². The molecule has 0 bridgehead atoms. The van der Waals surface area contributed by atoms with Gasteiger partial charge in [-0.25, -0.2) is 14.8 Å². The third-order valence-corrected chi connectivity index (χ3v) is 4.99. The van der Waals surface area contributed by atoms with Gasteiger partial charge < -0.3 is 15.5 Å². The smallest absolute Gasteiger partial charge is 0.317 e. The summed E-state index contributed by atoms with van der Waals surface area (Å²) in [6.45, 7) is 4.06. The Hall–Kier alpha value is -2.15. The molecule has 0 unspecified atom stereocenters. The lowest BCUT2D eigenvalue weighted by atomic mass is 9.98. The number of amides is 2. The zero-order chi connectivity index (χ0) is 16.1. The highest BCUT2D eigenvalue weighted by atomic mass is 32.1. The summed E-state index contributed by atoms with van der Waals surface area (Å²) in [7, 11) is 0. The Kier molecular flexibility index (Phi) is 5.07. The van der Waals surface area contributed by atoms with Crippen LogP contribution >= 0.6 is 11.3 Å². The molecule has 0 aromatic carbocycles. The molecule has 0 saturated carbocycles. The number of nitrogens with one attached hydrogen (secondary N) is 2. The Balaban J connectivity index is 1.50. The lowest BCUT2D eigenvalue weighted by molar-refractivity contribution is 0.168. The molecule has 3 heterocycles. The third kappa shape index (κ3) is 3.61. The second-order valence-corrected chi connectivity index (χ2v) is 6.40. The third-order valence-electron chi connectivity index (χ3n) is 3.99. The quantitative estimate of drug-likeness (QED) is 0.827. The highest BCUT2D eigenvalue weighted by Crippen LogP contribution is 2.34. The van der Waals surface area contributed by atoms with Crippen molar-refractivity contribution in [3.63, 3.8) is 0 Å². The van der Waals surface area contributed by atoms with Crippen LogP contribution in [0.25, 0.3) is 0 Å². The molecule has 0 saturated heterocycles. The van der Waals surface area contributed by atoms with Crippen molar-refractivity contribution < 1.29 is 4.79 Å². The zero-order valence-corrected chi connectivity index (χ0v) is 14.0. The van der Waals surface area contributed by atoms with Crippen LogP contribution in [0.5, 0.6) is 0 Å². The molecule has 122 valence electrons. The summed E-state index contributed by atoms with van der Waals surface area (Å²) < 4.78 is 0. The predicted octanol–water partition coefficient (Wildman–Crippen LogP) is 2.67. The number of hydrogen-bond acceptors (Lipinski definition) is 5. The Morgan fingerprint density at radius 3 is 3.00 bits per heavy atom. The Morgan fingerprint density at radius 2 is 2.22 bits per heavy atom. The van der Waals surface area contributed by atoms with Crippen molar-refractivity contribution in [3.05, 3.63) is 40.3 Å². The van der Waals surface area contributed by atoms with Crippen molar-refractivity contribution in [1.29, 1.82) is 0 Å². The monoisotopic (exact) mass is 331 g/mol. The summed E-state index contributed by atoms with van der Waals surface area (Å²) in [6.07, 6.45) is 5.26. The lowest BCUT2D eigenvalue weighted by Gasteiger charge is -2.35. The van der Waals surface area contributed by atoms with Gasteiger partial charge in [-0.2, -0.15) is 0 Å². The highest BCUT2D eigenvalue weighted by Gasteiger charge is 2.29. The summed E-state index contributed by atoms with van der Waals surface area (Å²) in [4.78, 5) is 24.0. The first-order valence-electron chi connectivity index (χ1n) is 7.91. The number of rotatable bonds is 5. The molecule has 2 N–H and O–H groups in total. The number of nitrogens with zero attached hydrogens (tertiary/aromatic N) is 3. The molecule has 0 aliphatic carbocycles. The topological polar surface area (TPSA) is 70.2 Å². The Morgan fingerprint density at radius 1 is 1.39 bits per heavy atom. The fourth-order valence-corrected chi connectivity index (χ4v) is 3.84. The Bertz CT molecular complexity index is 645. The highest BCUT2D eigenvalue weighted by molar-refractivity contribution is 7.10. The van der Waals surface area contributed by atoms with E-state index in [1.54, 1.807) is 29.8 Å². The van der Waals surface area contributed by atoms with Gasteiger partial charge in [-0.05, 0) is 35.9 Å². The number of fused-ring (bicyclic) bond motifs is 1. The van der Waals surface area contributed by atoms with E-state index in [1.165, 1.54) is 10.4 Å². The van der Waals surface area contributed by atoms with Crippen LogP contribution in [0.3, 0.4) is 0 Å². The SMILES string of the molecule is CC[C@@H]1c2ccsc2CCN1C(=O)NCCNc1ncccn1. The molecule has 2 aromatic rings. The summed E-state index contributed by atoms with van der Waals surface area (Å²) in [6, 6.07) is 4.12. The molecule has 1 aliphatic rings. The maximum absolute atomic E-state index is 12.5. The van der Waals surface area contributed by atoms with Gasteiger partial charge in [0.25, 0.3) is 0 Å². The molecule has 1 atom stereocenters. The van der Waals surface area contributed by atoms with Gasteiger partial charge in [0.1, 0.15) is 0 Å². The molecular formula is C16H21N5OS. The second-order valence-electron chi connectivity index (χ2n) is 5.40. The summed E-state index contributed by atoms with van der Waals surface area (Å²) in [5, 5.41) is 8.19. The maximum Gasteiger partial charge on any atom is 0.317 e. The van der Waals surface area contributed by atoms with E-state index < -0.39 is 0 Å². The lowest BCUT2D eigenvalue weighted by Crippen LogP contribution is -2.46. The van der Waals surface area contributed by atoms with Crippen LogP contribution in [0.2, 0.25) is 0 Å². The first-order chi connectivity index (χ1) is 11.3. The molecular weight excluding hydrogens is 310 g/mol. The number of thiophene rings is 1. The minimum absolute atomic E-state index is 0.00415. The predicted molar refractivity (Wildman–Crippen MR) is 91.7 cm³/mol. The number of carbonyl (C=O) groups is 1. The molecule has 0 radical (unpaired) electrons. The van der Waals surface area contributed by atoms with E-state index in [0.717, 1.165) is 19.4 Å². The van der Waals surface area contributed by atoms with E-state index in [9.17, 15) is 4.79 Å². The van der Waals surface area contributed by atoms with E-state index in [1.807, 2.05) is 4.90 Å². The van der Waals surface area contributed by atoms with E-state index in [2.05, 4.69) is 39.0 Å². The van der Waals surface area contributed by atoms with Crippen LogP contribution in [-0.4, -0.2) is 40.5 Å². The number of aromatic nitrogens is 2. The molecule has 3 rings (SSSR count). The summed E-state index contributed by atoms with van der Waals surface area (Å²) >= 11 is 1.80. The van der Waals surface area contributed by atoms with Gasteiger partial charge in [-0.15, -0.1) is 11.3 Å². The largest absolute Gasteiger partial charge is 0.352 e. The number of hydrogen-bond donors (Lipinski definition) is 2. The van der Waals surface area contributed by atoms with Crippen molar-refractivity contribution in [2.45, 2.75) is 25.8 Å². The molecule has 0 fully saturated rings. The van der Waals surface area contributed by atoms with Crippen LogP contribution in [0.1, 0.15) is 29.8 Å². The van der Waals surface area contributed by atoms with Gasteiger partial charge in [0, 0.05) is 36.9 Å². The van der Waals surface area contributed by atoms with E-state index in [4.69, 9.17) is 0 Å². The van der Waals surface area contributed by atoms with Crippen LogP contribution in [0.4, 0.5) is 10.7 Å². The van der Waals surface area contributed by atoms with Crippen molar-refractivity contribution in [2.24, 2.45) is 0 Å². The number of anilines is 1. The maximum atomic E-state index is 12.5. The van der Waals surface area contributed by atoms with Gasteiger partial charge in [0.05, 0.1) is 6.04 Å². The van der Waals surface area contributed by atoms with Crippen LogP contribution < -0.4 is 10.6 Å². The average Bonchev–Trinajstić information content (AvgIpc) is 3.07. The summed E-state index contributed by atoms with van der Waals surface area (Å²) in [5.74, 6) is 0.578. The average molecular weight is 331 g/mol. The second kappa shape index (κ2) is 7.41. The fraction of sp³-hybridized carbons (Fsp3) is 0.438. The first-order valence-corrected chi connectivity index (χ1v) is 8.79. The van der Waals surface area contributed by atoms with E-state index in [0.29, 0.717) is 19.0 Å². The number of urea groups is 1. The minimum atomic E-state index is 0.00415. The van der Waals surface area contributed by atoms with Crippen LogP contribution in [0.15, 0.2) is 29.9 Å². The van der Waals surface area contributed by atoms with Crippen molar-refractivity contribution in [1.82, 2.24) is 20.2 Å². The molecule has 7 heteroatoms. The van der Waals surface area contributed by atoms with Gasteiger partial charge >= 0.3 is 6.03 Å². The molecule has 6 nitrogen and oxygen atoms in total. The van der Waals surface area contributed by atoms with Crippen LogP contribution in [-0.2, 0) is 6.42 Å². The van der Waals surface area contributed by atoms with Gasteiger partial charge in [0.2, 0.25) is 5.95 Å². The minimum Gasteiger partial charge on any atom is -0.352 e. The van der Waals surface area contributed by atoms with Crippen molar-refractivity contribution >= 4 is 23.3 Å². The fourth-order valence-electron chi connectivity index (χ4n) is 2.92. The molecule has 0 spiro atoms. The van der Waals surface area contributed by atoms with Gasteiger partial charge in [-0.3, -0.25) is 0 Å². The van der Waals surface area contributed by atoms with E-state index in [-0.39, 0.29) is 12.1 Å². The Labute approximate surface area is 140 Å². The molecule has 23 heavy (non-hydrogen) atoms. The van der Waals surface area contributed by atoms with Crippen molar-refractivity contribution in [3.8, 4) is 0 Å². The number of carbonyl (C=O) groups excluding carboxylic acids is 1. The first kappa shape index (κ1) is 15.7. The molecule has 1 aliphatic heterocycles. The zero-order valence-electron chi connectivity index (χ0n) is 13.2. The van der Waals surface area contributed by atoms with Crippen molar-refractivity contribution in [2.75, 3.05) is 25.0 Å². The normalized spacial score (nSPS) is 16.7. The van der Waals surface area contributed by atoms with Gasteiger partial charge in [0.15, 0.2) is 0 Å². The van der Waals surface area contributed by atoms with Gasteiger partial charge in [-0.1, -0.05) is 6.92 Å². The standard InChI is InChI=1S/C16H21N5OS/c1-2-13-12-5-11-23-14(12)4-10-21(13)16(22)20-9-8-19-15-17-6-3-7-18-15/h3,5-7,11,13H,2,4,8-10H2,1H3,(H,20,22)(H,17,18,19)/t13-/m1/s1. The molecule has 2 amide bonds. The molecule has 2 aromatic heterocycles. The summed E-state index contributed by atoms with van der Waals surface area (Å²) in [5.41, 5.74) is 1.31. The van der Waals surface area contributed by atoms with E-state index >= 15 is 0 Å².